The fraction of sp³-hybridized carbons (Fsp3) is 0.529. The van der Waals surface area contributed by atoms with Gasteiger partial charge in [0.1, 0.15) is 6.04 Å². The van der Waals surface area contributed by atoms with E-state index >= 15 is 0 Å². The molecule has 2 rings (SSSR count). The van der Waals surface area contributed by atoms with E-state index in [1.165, 1.54) is 0 Å². The molecule has 0 saturated carbocycles. The standard InChI is InChI=1S/C17H23N3O/c1-12(2)10-15(19)17(21)20-14(11-18)8-9-16(20)13-6-4-3-5-7-13/h3-7,12,14-16H,8-10,19H2,1-2H3/t14-,15+,16-/m0/s1. The molecule has 4 heteroatoms. The van der Waals surface area contributed by atoms with Crippen molar-refractivity contribution in [3.8, 4) is 6.07 Å². The van der Waals surface area contributed by atoms with Crippen molar-refractivity contribution >= 4 is 5.91 Å². The number of nitrogens with two attached hydrogens (primary N) is 1. The third-order valence-electron chi connectivity index (χ3n) is 4.02. The molecular weight excluding hydrogens is 262 g/mol. The van der Waals surface area contributed by atoms with Crippen LogP contribution in [0.4, 0.5) is 0 Å². The lowest BCUT2D eigenvalue weighted by molar-refractivity contribution is -0.135. The van der Waals surface area contributed by atoms with Crippen LogP contribution in [0.15, 0.2) is 30.3 Å². The van der Waals surface area contributed by atoms with E-state index in [0.29, 0.717) is 12.3 Å². The van der Waals surface area contributed by atoms with Gasteiger partial charge in [-0.1, -0.05) is 44.2 Å². The Bertz CT molecular complexity index is 521. The van der Waals surface area contributed by atoms with Gasteiger partial charge in [0.25, 0.3) is 0 Å². The Labute approximate surface area is 126 Å². The highest BCUT2D eigenvalue weighted by Gasteiger charge is 2.39. The van der Waals surface area contributed by atoms with Gasteiger partial charge < -0.3 is 10.6 Å². The molecule has 0 aliphatic carbocycles. The number of hydrogen-bond acceptors (Lipinski definition) is 3. The van der Waals surface area contributed by atoms with E-state index in [2.05, 4.69) is 6.07 Å². The monoisotopic (exact) mass is 285 g/mol. The summed E-state index contributed by atoms with van der Waals surface area (Å²) in [6.07, 6.45) is 2.19. The first-order valence-electron chi connectivity index (χ1n) is 7.57. The van der Waals surface area contributed by atoms with Gasteiger partial charge in [0.05, 0.1) is 18.2 Å². The minimum absolute atomic E-state index is 0.0263. The maximum absolute atomic E-state index is 12.7. The molecule has 0 aromatic heterocycles. The summed E-state index contributed by atoms with van der Waals surface area (Å²) in [6, 6.07) is 11.3. The Morgan fingerprint density at radius 3 is 2.62 bits per heavy atom. The van der Waals surface area contributed by atoms with Crippen molar-refractivity contribution in [2.24, 2.45) is 11.7 Å². The second-order valence-corrected chi connectivity index (χ2v) is 6.13. The molecule has 1 aromatic carbocycles. The van der Waals surface area contributed by atoms with Crippen molar-refractivity contribution in [1.29, 1.82) is 5.26 Å². The summed E-state index contributed by atoms with van der Waals surface area (Å²) in [5.41, 5.74) is 7.14. The predicted octanol–water partition coefficient (Wildman–Crippen LogP) is 2.62. The second-order valence-electron chi connectivity index (χ2n) is 6.13. The first-order valence-corrected chi connectivity index (χ1v) is 7.57. The SMILES string of the molecule is CC(C)C[C@@H](N)C(=O)N1[C@H](C#N)CC[C@H]1c1ccccc1. The van der Waals surface area contributed by atoms with Gasteiger partial charge in [0.2, 0.25) is 5.91 Å². The quantitative estimate of drug-likeness (QED) is 0.924. The first kappa shape index (κ1) is 15.5. The molecule has 1 aromatic rings. The van der Waals surface area contributed by atoms with Crippen LogP contribution in [-0.2, 0) is 4.79 Å². The molecule has 2 N–H and O–H groups in total. The molecule has 112 valence electrons. The average Bonchev–Trinajstić information content (AvgIpc) is 2.90. The second kappa shape index (κ2) is 6.73. The summed E-state index contributed by atoms with van der Waals surface area (Å²) in [7, 11) is 0. The van der Waals surface area contributed by atoms with E-state index in [1.54, 1.807) is 4.90 Å². The van der Waals surface area contributed by atoms with E-state index in [0.717, 1.165) is 18.4 Å². The molecular formula is C17H23N3O. The molecule has 1 heterocycles. The zero-order valence-corrected chi connectivity index (χ0v) is 12.7. The number of benzene rings is 1. The Morgan fingerprint density at radius 2 is 2.05 bits per heavy atom. The van der Waals surface area contributed by atoms with Crippen molar-refractivity contribution in [3.05, 3.63) is 35.9 Å². The largest absolute Gasteiger partial charge is 0.320 e. The number of carbonyl (C=O) groups excluding carboxylic acids is 1. The molecule has 21 heavy (non-hydrogen) atoms. The molecule has 1 aliphatic heterocycles. The van der Waals surface area contributed by atoms with Crippen molar-refractivity contribution in [2.45, 2.75) is 51.2 Å². The van der Waals surface area contributed by atoms with Crippen LogP contribution in [0.3, 0.4) is 0 Å². The molecule has 1 fully saturated rings. The van der Waals surface area contributed by atoms with Crippen LogP contribution in [0.2, 0.25) is 0 Å². The smallest absolute Gasteiger partial charge is 0.241 e. The highest BCUT2D eigenvalue weighted by molar-refractivity contribution is 5.83. The number of likely N-dealkylation sites (tertiary alicyclic amines) is 1. The molecule has 0 bridgehead atoms. The van der Waals surface area contributed by atoms with Gasteiger partial charge in [-0.2, -0.15) is 5.26 Å². The van der Waals surface area contributed by atoms with E-state index in [-0.39, 0.29) is 18.0 Å². The van der Waals surface area contributed by atoms with Crippen LogP contribution in [0.25, 0.3) is 0 Å². The minimum Gasteiger partial charge on any atom is -0.320 e. The molecule has 1 saturated heterocycles. The fourth-order valence-electron chi connectivity index (χ4n) is 3.05. The molecule has 1 aliphatic rings. The van der Waals surface area contributed by atoms with Crippen LogP contribution >= 0.6 is 0 Å². The van der Waals surface area contributed by atoms with Gasteiger partial charge in [0, 0.05) is 0 Å². The summed E-state index contributed by atoms with van der Waals surface area (Å²) < 4.78 is 0. The number of amides is 1. The van der Waals surface area contributed by atoms with E-state index in [9.17, 15) is 10.1 Å². The summed E-state index contributed by atoms with van der Waals surface area (Å²) in [4.78, 5) is 14.4. The van der Waals surface area contributed by atoms with Gasteiger partial charge in [-0.25, -0.2) is 0 Å². The first-order chi connectivity index (χ1) is 10.0. The van der Waals surface area contributed by atoms with Crippen molar-refractivity contribution < 1.29 is 4.79 Å². The summed E-state index contributed by atoms with van der Waals surface area (Å²) >= 11 is 0. The number of carbonyl (C=O) groups is 1. The van der Waals surface area contributed by atoms with Crippen LogP contribution < -0.4 is 5.73 Å². The predicted molar refractivity (Wildman–Crippen MR) is 82.1 cm³/mol. The van der Waals surface area contributed by atoms with Gasteiger partial charge in [-0.15, -0.1) is 0 Å². The van der Waals surface area contributed by atoms with Crippen LogP contribution in [0, 0.1) is 17.2 Å². The van der Waals surface area contributed by atoms with Gasteiger partial charge in [-0.05, 0) is 30.7 Å². The summed E-state index contributed by atoms with van der Waals surface area (Å²) in [5.74, 6) is 0.267. The van der Waals surface area contributed by atoms with Gasteiger partial charge >= 0.3 is 0 Å². The van der Waals surface area contributed by atoms with Crippen LogP contribution in [0.5, 0.6) is 0 Å². The Morgan fingerprint density at radius 1 is 1.38 bits per heavy atom. The number of hydrogen-bond donors (Lipinski definition) is 1. The third kappa shape index (κ3) is 3.43. The Kier molecular flexibility index (Phi) is 4.98. The number of nitrogens with zero attached hydrogens (tertiary/aromatic N) is 2. The van der Waals surface area contributed by atoms with Gasteiger partial charge in [0.15, 0.2) is 0 Å². The zero-order chi connectivity index (χ0) is 15.4. The Hall–Kier alpha value is -1.86. The maximum Gasteiger partial charge on any atom is 0.241 e. The van der Waals surface area contributed by atoms with E-state index in [4.69, 9.17) is 5.73 Å². The maximum atomic E-state index is 12.7. The zero-order valence-electron chi connectivity index (χ0n) is 12.7. The van der Waals surface area contributed by atoms with Crippen LogP contribution in [-0.4, -0.2) is 22.9 Å². The van der Waals surface area contributed by atoms with Crippen molar-refractivity contribution in [1.82, 2.24) is 4.90 Å². The molecule has 0 spiro atoms. The molecule has 4 nitrogen and oxygen atoms in total. The normalized spacial score (nSPS) is 23.1. The fourth-order valence-corrected chi connectivity index (χ4v) is 3.05. The molecule has 0 unspecified atom stereocenters. The number of rotatable bonds is 4. The number of nitriles is 1. The van der Waals surface area contributed by atoms with E-state index in [1.807, 2.05) is 44.2 Å². The van der Waals surface area contributed by atoms with E-state index < -0.39 is 6.04 Å². The highest BCUT2D eigenvalue weighted by Crippen LogP contribution is 2.36. The van der Waals surface area contributed by atoms with Gasteiger partial charge in [-0.3, -0.25) is 4.79 Å². The summed E-state index contributed by atoms with van der Waals surface area (Å²) in [6.45, 7) is 4.10. The molecule has 1 amide bonds. The lowest BCUT2D eigenvalue weighted by atomic mass is 10.0. The lowest BCUT2D eigenvalue weighted by Gasteiger charge is -2.30. The minimum atomic E-state index is -0.523. The molecule has 3 atom stereocenters. The highest BCUT2D eigenvalue weighted by atomic mass is 16.2. The molecule has 0 radical (unpaired) electrons. The Balaban J connectivity index is 2.23. The summed E-state index contributed by atoms with van der Waals surface area (Å²) in [5, 5.41) is 9.33. The van der Waals surface area contributed by atoms with Crippen LogP contribution in [0.1, 0.15) is 44.7 Å². The van der Waals surface area contributed by atoms with Crippen molar-refractivity contribution in [3.63, 3.8) is 0 Å². The van der Waals surface area contributed by atoms with Crippen molar-refractivity contribution in [2.75, 3.05) is 0 Å². The lowest BCUT2D eigenvalue weighted by Crippen LogP contribution is -2.47. The third-order valence-corrected chi connectivity index (χ3v) is 4.02. The average molecular weight is 285 g/mol. The topological polar surface area (TPSA) is 70.1 Å².